The van der Waals surface area contributed by atoms with Gasteiger partial charge in [-0.05, 0) is 85.9 Å². The van der Waals surface area contributed by atoms with Crippen molar-refractivity contribution in [3.8, 4) is 0 Å². The van der Waals surface area contributed by atoms with Gasteiger partial charge in [0.2, 0.25) is 0 Å². The molecule has 2 aromatic carbocycles. The number of carbonyl (C=O) groups is 1. The zero-order chi connectivity index (χ0) is 22.1. The van der Waals surface area contributed by atoms with Crippen molar-refractivity contribution in [2.24, 2.45) is 5.41 Å². The van der Waals surface area contributed by atoms with Gasteiger partial charge < -0.3 is 0 Å². The monoisotopic (exact) mass is 410 g/mol. The minimum Gasteiger partial charge on any atom is -0.295 e. The maximum Gasteiger partial charge on any atom is 0.160 e. The molecule has 29 heavy (non-hydrogen) atoms. The predicted molar refractivity (Wildman–Crippen MR) is 127 cm³/mol. The third kappa shape index (κ3) is 4.67. The van der Waals surface area contributed by atoms with E-state index >= 15 is 0 Å². The molecule has 0 fully saturated rings. The van der Waals surface area contributed by atoms with Crippen LogP contribution in [-0.4, -0.2) is 5.78 Å². The molecule has 1 atom stereocenters. The molecule has 0 spiro atoms. The van der Waals surface area contributed by atoms with Crippen molar-refractivity contribution in [3.05, 3.63) is 74.8 Å². The molecule has 0 N–H and O–H groups in total. The first-order valence-corrected chi connectivity index (χ1v) is 10.7. The number of aryl methyl sites for hydroxylation is 2. The van der Waals surface area contributed by atoms with Crippen LogP contribution in [0.3, 0.4) is 0 Å². The number of halogens is 1. The number of rotatable bonds is 5. The summed E-state index contributed by atoms with van der Waals surface area (Å²) in [5.74, 6) is 0.111. The van der Waals surface area contributed by atoms with Crippen molar-refractivity contribution in [2.45, 2.75) is 74.1 Å². The zero-order valence-electron chi connectivity index (χ0n) is 19.5. The lowest BCUT2D eigenvalue weighted by molar-refractivity contribution is 0.101. The molecule has 0 heterocycles. The standard InChI is InChI=1S/C27H35ClO/c1-10-21(22-11-12-24(20(5)29)18(3)13-22)16-27(9,26(6,7)8)23-14-17(2)19(4)25(28)15-23/h10-15H,16H2,1-9H3/b21-10+. The maximum atomic E-state index is 11.8. The Morgan fingerprint density at radius 2 is 1.62 bits per heavy atom. The van der Waals surface area contributed by atoms with E-state index in [0.29, 0.717) is 0 Å². The summed E-state index contributed by atoms with van der Waals surface area (Å²) >= 11 is 6.58. The molecule has 0 amide bonds. The van der Waals surface area contributed by atoms with Crippen LogP contribution in [0.4, 0.5) is 0 Å². The Hall–Kier alpha value is -1.86. The molecule has 0 saturated carbocycles. The lowest BCUT2D eigenvalue weighted by Crippen LogP contribution is -2.37. The van der Waals surface area contributed by atoms with Crippen LogP contribution in [0, 0.1) is 26.2 Å². The van der Waals surface area contributed by atoms with Crippen molar-refractivity contribution in [1.29, 1.82) is 0 Å². The first kappa shape index (κ1) is 23.4. The van der Waals surface area contributed by atoms with Crippen LogP contribution in [0.5, 0.6) is 0 Å². The Bertz CT molecular complexity index is 936. The fourth-order valence-corrected chi connectivity index (χ4v) is 4.21. The summed E-state index contributed by atoms with van der Waals surface area (Å²) in [6.45, 7) is 19.2. The molecule has 1 nitrogen and oxygen atoms in total. The molecule has 0 aromatic heterocycles. The number of benzene rings is 2. The van der Waals surface area contributed by atoms with Gasteiger partial charge in [0.1, 0.15) is 0 Å². The second kappa shape index (κ2) is 8.48. The van der Waals surface area contributed by atoms with Crippen LogP contribution in [0.1, 0.15) is 86.1 Å². The molecular weight excluding hydrogens is 376 g/mol. The summed E-state index contributed by atoms with van der Waals surface area (Å²) in [4.78, 5) is 11.8. The Labute approximate surface area is 182 Å². The van der Waals surface area contributed by atoms with Gasteiger partial charge in [-0.15, -0.1) is 0 Å². The number of allylic oxidation sites excluding steroid dienone is 2. The van der Waals surface area contributed by atoms with Crippen molar-refractivity contribution >= 4 is 23.0 Å². The summed E-state index contributed by atoms with van der Waals surface area (Å²) in [6, 6.07) is 10.6. The van der Waals surface area contributed by atoms with E-state index in [1.807, 2.05) is 13.0 Å². The van der Waals surface area contributed by atoms with E-state index in [1.54, 1.807) is 6.92 Å². The molecule has 2 aromatic rings. The fraction of sp³-hybridized carbons (Fsp3) is 0.444. The van der Waals surface area contributed by atoms with Gasteiger partial charge in [0.15, 0.2) is 5.78 Å². The van der Waals surface area contributed by atoms with E-state index < -0.39 is 0 Å². The van der Waals surface area contributed by atoms with Crippen LogP contribution in [0.25, 0.3) is 5.57 Å². The maximum absolute atomic E-state index is 11.8. The van der Waals surface area contributed by atoms with Gasteiger partial charge in [-0.25, -0.2) is 0 Å². The van der Waals surface area contributed by atoms with Gasteiger partial charge >= 0.3 is 0 Å². The Morgan fingerprint density at radius 1 is 1.00 bits per heavy atom. The summed E-state index contributed by atoms with van der Waals surface area (Å²) in [7, 11) is 0. The highest BCUT2D eigenvalue weighted by Crippen LogP contribution is 2.48. The molecule has 0 aliphatic heterocycles. The minimum absolute atomic E-state index is 0.0284. The van der Waals surface area contributed by atoms with Crippen molar-refractivity contribution < 1.29 is 4.79 Å². The number of ketones is 1. The SMILES string of the molecule is C/C=C(\CC(C)(c1cc(C)c(C)c(Cl)c1)C(C)(C)C)c1ccc(C(C)=O)c(C)c1. The third-order valence-corrected chi connectivity index (χ3v) is 7.16. The highest BCUT2D eigenvalue weighted by Gasteiger charge is 2.40. The van der Waals surface area contributed by atoms with Crippen molar-refractivity contribution in [3.63, 3.8) is 0 Å². The largest absolute Gasteiger partial charge is 0.295 e. The first-order chi connectivity index (χ1) is 13.3. The molecule has 2 rings (SSSR count). The number of hydrogen-bond acceptors (Lipinski definition) is 1. The highest BCUT2D eigenvalue weighted by atomic mass is 35.5. The first-order valence-electron chi connectivity index (χ1n) is 10.4. The Balaban J connectivity index is 2.57. The quantitative estimate of drug-likeness (QED) is 0.453. The Kier molecular flexibility index (Phi) is 6.85. The second-order valence-electron chi connectivity index (χ2n) is 9.56. The van der Waals surface area contributed by atoms with Crippen molar-refractivity contribution in [2.75, 3.05) is 0 Å². The zero-order valence-corrected chi connectivity index (χ0v) is 20.2. The molecular formula is C27H35ClO. The smallest absolute Gasteiger partial charge is 0.160 e. The summed E-state index contributed by atoms with van der Waals surface area (Å²) in [5, 5.41) is 0.833. The van der Waals surface area contributed by atoms with E-state index in [2.05, 4.69) is 78.8 Å². The van der Waals surface area contributed by atoms with Crippen LogP contribution in [0.2, 0.25) is 5.02 Å². The van der Waals surface area contributed by atoms with Crippen molar-refractivity contribution in [1.82, 2.24) is 0 Å². The molecule has 0 aliphatic rings. The van der Waals surface area contributed by atoms with E-state index in [-0.39, 0.29) is 16.6 Å². The summed E-state index contributed by atoms with van der Waals surface area (Å²) in [5.41, 5.74) is 7.86. The van der Waals surface area contributed by atoms with Gasteiger partial charge in [0.05, 0.1) is 0 Å². The number of Topliss-reactive ketones (excluding diaryl/α,β-unsaturated/α-hetero) is 1. The summed E-state index contributed by atoms with van der Waals surface area (Å²) < 4.78 is 0. The fourth-order valence-electron chi connectivity index (χ4n) is 3.95. The van der Waals surface area contributed by atoms with Gasteiger partial charge in [-0.1, -0.05) is 69.6 Å². The van der Waals surface area contributed by atoms with Gasteiger partial charge in [0, 0.05) is 16.0 Å². The minimum atomic E-state index is -0.107. The van der Waals surface area contributed by atoms with Crippen LogP contribution in [0.15, 0.2) is 36.4 Å². The van der Waals surface area contributed by atoms with E-state index in [4.69, 9.17) is 11.6 Å². The molecule has 1 unspecified atom stereocenters. The third-order valence-electron chi connectivity index (χ3n) is 6.77. The van der Waals surface area contributed by atoms with Gasteiger partial charge in [0.25, 0.3) is 0 Å². The molecule has 2 heteroatoms. The van der Waals surface area contributed by atoms with E-state index in [1.165, 1.54) is 22.3 Å². The van der Waals surface area contributed by atoms with E-state index in [9.17, 15) is 4.79 Å². The van der Waals surface area contributed by atoms with Gasteiger partial charge in [-0.3, -0.25) is 4.79 Å². The number of hydrogen-bond donors (Lipinski definition) is 0. The average molecular weight is 411 g/mol. The lowest BCUT2D eigenvalue weighted by Gasteiger charge is -2.44. The molecule has 0 bridgehead atoms. The van der Waals surface area contributed by atoms with E-state index in [0.717, 1.165) is 28.1 Å². The predicted octanol–water partition coefficient (Wildman–Crippen LogP) is 8.27. The van der Waals surface area contributed by atoms with Crippen LogP contribution >= 0.6 is 11.6 Å². The second-order valence-corrected chi connectivity index (χ2v) is 9.97. The van der Waals surface area contributed by atoms with Crippen LogP contribution in [-0.2, 0) is 5.41 Å². The average Bonchev–Trinajstić information content (AvgIpc) is 2.62. The van der Waals surface area contributed by atoms with Crippen LogP contribution < -0.4 is 0 Å². The summed E-state index contributed by atoms with van der Waals surface area (Å²) in [6.07, 6.45) is 3.10. The molecule has 156 valence electrons. The normalized spacial score (nSPS) is 14.6. The molecule has 0 radical (unpaired) electrons. The lowest BCUT2D eigenvalue weighted by atomic mass is 9.60. The number of carbonyl (C=O) groups excluding carboxylic acids is 1. The highest BCUT2D eigenvalue weighted by molar-refractivity contribution is 6.31. The molecule has 0 saturated heterocycles. The topological polar surface area (TPSA) is 17.1 Å². The van der Waals surface area contributed by atoms with Gasteiger partial charge in [-0.2, -0.15) is 0 Å². The molecule has 0 aliphatic carbocycles. The Morgan fingerprint density at radius 3 is 2.07 bits per heavy atom.